The lowest BCUT2D eigenvalue weighted by Gasteiger charge is -2.12. The minimum absolute atomic E-state index is 0.0973. The van der Waals surface area contributed by atoms with Gasteiger partial charge in [0.25, 0.3) is 5.56 Å². The van der Waals surface area contributed by atoms with Gasteiger partial charge in [0.15, 0.2) is 5.16 Å². The van der Waals surface area contributed by atoms with E-state index in [9.17, 15) is 4.79 Å². The lowest BCUT2D eigenvalue weighted by atomic mass is 10.2. The first-order chi connectivity index (χ1) is 12.3. The normalized spacial score (nSPS) is 14.0. The highest BCUT2D eigenvalue weighted by Crippen LogP contribution is 2.36. The summed E-state index contributed by atoms with van der Waals surface area (Å²) in [7, 11) is 1.67. The molecule has 0 amide bonds. The Balaban J connectivity index is 1.56. The second kappa shape index (κ2) is 6.92. The van der Waals surface area contributed by atoms with Crippen LogP contribution in [0.15, 0.2) is 58.5 Å². The van der Waals surface area contributed by atoms with Gasteiger partial charge in [-0.2, -0.15) is 0 Å². The van der Waals surface area contributed by atoms with Crippen molar-refractivity contribution in [3.05, 3.63) is 64.4 Å². The smallest absolute Gasteiger partial charge is 0.262 e. The van der Waals surface area contributed by atoms with E-state index in [1.807, 2.05) is 41.0 Å². The van der Waals surface area contributed by atoms with Crippen LogP contribution in [0.25, 0.3) is 10.9 Å². The Morgan fingerprint density at radius 3 is 2.64 bits per heavy atom. The van der Waals surface area contributed by atoms with Gasteiger partial charge in [0, 0.05) is 11.8 Å². The number of rotatable bonds is 6. The molecule has 0 spiro atoms. The van der Waals surface area contributed by atoms with Crippen LogP contribution < -0.4 is 10.3 Å². The van der Waals surface area contributed by atoms with Crippen LogP contribution >= 0.6 is 11.8 Å². The van der Waals surface area contributed by atoms with Crippen molar-refractivity contribution in [2.75, 3.05) is 12.9 Å². The van der Waals surface area contributed by atoms with Gasteiger partial charge in [-0.1, -0.05) is 36.0 Å². The summed E-state index contributed by atoms with van der Waals surface area (Å²) >= 11 is 1.67. The van der Waals surface area contributed by atoms with Gasteiger partial charge in [0.2, 0.25) is 0 Å². The number of thioether (sulfide) groups is 1. The third-order valence-electron chi connectivity index (χ3n) is 4.47. The third kappa shape index (κ3) is 3.42. The molecule has 0 unspecified atom stereocenters. The summed E-state index contributed by atoms with van der Waals surface area (Å²) in [6, 6.07) is 16.1. The first-order valence-corrected chi connectivity index (χ1v) is 9.52. The van der Waals surface area contributed by atoms with E-state index in [4.69, 9.17) is 9.72 Å². The largest absolute Gasteiger partial charge is 0.497 e. The van der Waals surface area contributed by atoms with Gasteiger partial charge in [-0.15, -0.1) is 0 Å². The average Bonchev–Trinajstić information content (AvgIpc) is 3.47. The van der Waals surface area contributed by atoms with Crippen molar-refractivity contribution in [2.45, 2.75) is 30.5 Å². The Bertz CT molecular complexity index is 946. The molecule has 4 nitrogen and oxygen atoms in total. The molecule has 0 atom stereocenters. The summed E-state index contributed by atoms with van der Waals surface area (Å²) in [4.78, 5) is 17.6. The van der Waals surface area contributed by atoms with Crippen LogP contribution in [0.2, 0.25) is 0 Å². The fraction of sp³-hybridized carbons (Fsp3) is 0.300. The summed E-state index contributed by atoms with van der Waals surface area (Å²) in [5, 5.41) is 1.56. The van der Waals surface area contributed by atoms with Crippen LogP contribution in [0.1, 0.15) is 24.4 Å². The molecular weight excluding hydrogens is 332 g/mol. The van der Waals surface area contributed by atoms with Crippen molar-refractivity contribution in [3.63, 3.8) is 0 Å². The third-order valence-corrected chi connectivity index (χ3v) is 5.42. The van der Waals surface area contributed by atoms with Gasteiger partial charge in [-0.05, 0) is 49.1 Å². The Kier molecular flexibility index (Phi) is 4.49. The van der Waals surface area contributed by atoms with E-state index in [1.165, 1.54) is 5.56 Å². The van der Waals surface area contributed by atoms with Gasteiger partial charge in [-0.25, -0.2) is 4.98 Å². The molecule has 1 aliphatic rings. The molecule has 1 aliphatic carbocycles. The van der Waals surface area contributed by atoms with Crippen molar-refractivity contribution in [3.8, 4) is 5.75 Å². The van der Waals surface area contributed by atoms with Crippen molar-refractivity contribution >= 4 is 22.7 Å². The number of hydrogen-bond donors (Lipinski definition) is 0. The van der Waals surface area contributed by atoms with Crippen LogP contribution in [0, 0.1) is 0 Å². The van der Waals surface area contributed by atoms with Gasteiger partial charge in [0.05, 0.1) is 18.0 Å². The number of fused-ring (bicyclic) bond motifs is 1. The molecule has 0 bridgehead atoms. The first-order valence-electron chi connectivity index (χ1n) is 8.53. The fourth-order valence-corrected chi connectivity index (χ4v) is 3.99. The minimum Gasteiger partial charge on any atom is -0.497 e. The topological polar surface area (TPSA) is 44.1 Å². The van der Waals surface area contributed by atoms with Crippen molar-refractivity contribution in [2.24, 2.45) is 0 Å². The monoisotopic (exact) mass is 352 g/mol. The predicted octanol–water partition coefficient (Wildman–Crippen LogP) is 4.07. The highest BCUT2D eigenvalue weighted by atomic mass is 32.2. The van der Waals surface area contributed by atoms with Gasteiger partial charge >= 0.3 is 0 Å². The molecule has 1 saturated carbocycles. The summed E-state index contributed by atoms with van der Waals surface area (Å²) in [6.45, 7) is 0. The second-order valence-electron chi connectivity index (χ2n) is 6.26. The number of benzene rings is 2. The zero-order chi connectivity index (χ0) is 17.2. The van der Waals surface area contributed by atoms with Crippen molar-refractivity contribution in [1.29, 1.82) is 0 Å². The SMILES string of the molecule is COc1ccc(CCSc2nc3ccccc3c(=O)n2C2CC2)cc1. The van der Waals surface area contributed by atoms with Crippen molar-refractivity contribution in [1.82, 2.24) is 9.55 Å². The quantitative estimate of drug-likeness (QED) is 0.495. The molecule has 0 saturated heterocycles. The number of aryl methyl sites for hydroxylation is 1. The number of nitrogens with zero attached hydrogens (tertiary/aromatic N) is 2. The maximum absolute atomic E-state index is 12.8. The second-order valence-corrected chi connectivity index (χ2v) is 7.33. The molecule has 3 aromatic rings. The fourth-order valence-electron chi connectivity index (χ4n) is 2.93. The molecule has 1 aromatic heterocycles. The van der Waals surface area contributed by atoms with Crippen molar-refractivity contribution < 1.29 is 4.74 Å². The predicted molar refractivity (Wildman–Crippen MR) is 102 cm³/mol. The zero-order valence-corrected chi connectivity index (χ0v) is 15.0. The standard InChI is InChI=1S/C20H20N2O2S/c1-24-16-10-6-14(7-11-16)12-13-25-20-21-18-5-3-2-4-17(18)19(23)22(20)15-8-9-15/h2-7,10-11,15H,8-9,12-13H2,1H3. The Labute approximate surface area is 150 Å². The van der Waals surface area contributed by atoms with Crippen LogP contribution in [0.5, 0.6) is 5.75 Å². The lowest BCUT2D eigenvalue weighted by Crippen LogP contribution is -2.22. The molecule has 4 rings (SSSR count). The number of hydrogen-bond acceptors (Lipinski definition) is 4. The van der Waals surface area contributed by atoms with Gasteiger partial charge in [-0.3, -0.25) is 9.36 Å². The summed E-state index contributed by atoms with van der Waals surface area (Å²) in [5.41, 5.74) is 2.14. The molecule has 0 N–H and O–H groups in total. The number of aromatic nitrogens is 2. The maximum Gasteiger partial charge on any atom is 0.262 e. The first kappa shape index (κ1) is 16.2. The Hall–Kier alpha value is -2.27. The molecule has 128 valence electrons. The van der Waals surface area contributed by atoms with Crippen LogP contribution in [-0.2, 0) is 6.42 Å². The average molecular weight is 352 g/mol. The van der Waals surface area contributed by atoms with E-state index in [2.05, 4.69) is 12.1 Å². The summed E-state index contributed by atoms with van der Waals surface area (Å²) in [5.74, 6) is 1.76. The van der Waals surface area contributed by atoms with E-state index >= 15 is 0 Å². The lowest BCUT2D eigenvalue weighted by molar-refractivity contribution is 0.414. The summed E-state index contributed by atoms with van der Waals surface area (Å²) in [6.07, 6.45) is 3.08. The highest BCUT2D eigenvalue weighted by Gasteiger charge is 2.28. The van der Waals surface area contributed by atoms with Crippen LogP contribution in [0.4, 0.5) is 0 Å². The Morgan fingerprint density at radius 2 is 1.92 bits per heavy atom. The van der Waals surface area contributed by atoms with E-state index in [1.54, 1.807) is 18.9 Å². The molecule has 0 aliphatic heterocycles. The number of para-hydroxylation sites is 1. The van der Waals surface area contributed by atoms with E-state index in [-0.39, 0.29) is 5.56 Å². The number of methoxy groups -OCH3 is 1. The molecule has 1 fully saturated rings. The molecule has 1 heterocycles. The van der Waals surface area contributed by atoms with Gasteiger partial charge in [0.1, 0.15) is 5.75 Å². The molecule has 25 heavy (non-hydrogen) atoms. The minimum atomic E-state index is 0.0973. The molecule has 5 heteroatoms. The molecule has 0 radical (unpaired) electrons. The number of ether oxygens (including phenoxy) is 1. The summed E-state index contributed by atoms with van der Waals surface area (Å²) < 4.78 is 7.10. The van der Waals surface area contributed by atoms with Crippen LogP contribution in [-0.4, -0.2) is 22.4 Å². The Morgan fingerprint density at radius 1 is 1.16 bits per heavy atom. The maximum atomic E-state index is 12.8. The van der Waals surface area contributed by atoms with E-state index in [0.717, 1.165) is 41.4 Å². The highest BCUT2D eigenvalue weighted by molar-refractivity contribution is 7.99. The van der Waals surface area contributed by atoms with Crippen LogP contribution in [0.3, 0.4) is 0 Å². The molecular formula is C20H20N2O2S. The van der Waals surface area contributed by atoms with E-state index in [0.29, 0.717) is 11.4 Å². The molecule has 2 aromatic carbocycles. The zero-order valence-electron chi connectivity index (χ0n) is 14.1. The van der Waals surface area contributed by atoms with Gasteiger partial charge < -0.3 is 4.74 Å². The van der Waals surface area contributed by atoms with E-state index < -0.39 is 0 Å².